The van der Waals surface area contributed by atoms with Crippen LogP contribution in [0.25, 0.3) is 0 Å². The van der Waals surface area contributed by atoms with Crippen LogP contribution in [0, 0.1) is 3.57 Å². The van der Waals surface area contributed by atoms with Gasteiger partial charge in [-0.3, -0.25) is 14.4 Å². The summed E-state index contributed by atoms with van der Waals surface area (Å²) in [5.41, 5.74) is 1.54. The largest absolute Gasteiger partial charge is 0.460 e. The highest BCUT2D eigenvalue weighted by atomic mass is 127. The Bertz CT molecular complexity index is 1690. The van der Waals surface area contributed by atoms with Gasteiger partial charge in [0.05, 0.1) is 18.2 Å². The maximum absolute atomic E-state index is 13.5. The van der Waals surface area contributed by atoms with E-state index in [1.165, 1.54) is 0 Å². The summed E-state index contributed by atoms with van der Waals surface area (Å²) in [6, 6.07) is 25.3. The number of fused-ring (bicyclic) bond motifs is 1. The second kappa shape index (κ2) is 16.9. The highest BCUT2D eigenvalue weighted by molar-refractivity contribution is 14.1. The molecule has 2 amide bonds. The van der Waals surface area contributed by atoms with E-state index >= 15 is 0 Å². The zero-order valence-electron chi connectivity index (χ0n) is 28.8. The maximum Gasteiger partial charge on any atom is 0.338 e. The summed E-state index contributed by atoms with van der Waals surface area (Å²) in [7, 11) is 0. The SMILES string of the molecule is CC(C)(C)OC(=O)CCC(CO)NC(=O)CCNC(=O)C1=CC2OC(c3ccccc3)(c3ccccc3)OC2C(OC(=O)c2cccc(I)c2)C1. The molecule has 3 N–H and O–H groups in total. The van der Waals surface area contributed by atoms with E-state index in [-0.39, 0.29) is 38.8 Å². The lowest BCUT2D eigenvalue weighted by molar-refractivity contribution is -0.157. The summed E-state index contributed by atoms with van der Waals surface area (Å²) in [4.78, 5) is 51.7. The zero-order valence-corrected chi connectivity index (χ0v) is 31.0. The first-order valence-corrected chi connectivity index (χ1v) is 18.0. The Morgan fingerprint density at radius 3 is 2.22 bits per heavy atom. The minimum Gasteiger partial charge on any atom is -0.460 e. The number of rotatable bonds is 13. The number of hydrogen-bond donors (Lipinski definition) is 3. The van der Waals surface area contributed by atoms with Crippen LogP contribution in [-0.4, -0.2) is 72.0 Å². The van der Waals surface area contributed by atoms with Crippen molar-refractivity contribution in [3.8, 4) is 0 Å². The van der Waals surface area contributed by atoms with Crippen molar-refractivity contribution in [2.24, 2.45) is 0 Å². The minimum atomic E-state index is -1.34. The van der Waals surface area contributed by atoms with Crippen LogP contribution < -0.4 is 10.6 Å². The molecule has 270 valence electrons. The fourth-order valence-electron chi connectivity index (χ4n) is 6.01. The van der Waals surface area contributed by atoms with E-state index in [0.29, 0.717) is 11.1 Å². The molecular formula is C39H43IN2O9. The maximum atomic E-state index is 13.5. The first-order chi connectivity index (χ1) is 24.4. The molecule has 3 aromatic carbocycles. The molecule has 4 atom stereocenters. The molecule has 4 unspecified atom stereocenters. The molecule has 1 fully saturated rings. The van der Waals surface area contributed by atoms with E-state index in [9.17, 15) is 24.3 Å². The van der Waals surface area contributed by atoms with Gasteiger partial charge < -0.3 is 34.7 Å². The van der Waals surface area contributed by atoms with Gasteiger partial charge in [-0.1, -0.05) is 66.7 Å². The normalized spacial score (nSPS) is 19.9. The van der Waals surface area contributed by atoms with Gasteiger partial charge in [-0.2, -0.15) is 0 Å². The van der Waals surface area contributed by atoms with Crippen molar-refractivity contribution < 1.29 is 43.2 Å². The highest BCUT2D eigenvalue weighted by Gasteiger charge is 2.55. The van der Waals surface area contributed by atoms with Gasteiger partial charge in [-0.05, 0) is 74.1 Å². The van der Waals surface area contributed by atoms with E-state index in [0.717, 1.165) is 14.7 Å². The number of aliphatic hydroxyl groups is 1. The van der Waals surface area contributed by atoms with Crippen molar-refractivity contribution in [1.29, 1.82) is 0 Å². The van der Waals surface area contributed by atoms with Gasteiger partial charge >= 0.3 is 11.9 Å². The Kier molecular flexibility index (Phi) is 12.7. The van der Waals surface area contributed by atoms with Crippen molar-refractivity contribution in [1.82, 2.24) is 10.6 Å². The van der Waals surface area contributed by atoms with Crippen molar-refractivity contribution >= 4 is 46.3 Å². The van der Waals surface area contributed by atoms with Crippen LogP contribution in [-0.2, 0) is 39.1 Å². The number of carbonyl (C=O) groups excluding carboxylic acids is 4. The van der Waals surface area contributed by atoms with Crippen LogP contribution in [0.3, 0.4) is 0 Å². The first kappa shape index (κ1) is 38.1. The van der Waals surface area contributed by atoms with Gasteiger partial charge in [-0.25, -0.2) is 4.79 Å². The summed E-state index contributed by atoms with van der Waals surface area (Å²) in [5.74, 6) is -3.15. The van der Waals surface area contributed by atoms with Crippen LogP contribution in [0.15, 0.2) is 96.6 Å². The second-order valence-corrected chi connectivity index (χ2v) is 14.7. The molecule has 51 heavy (non-hydrogen) atoms. The number of carbonyl (C=O) groups is 4. The van der Waals surface area contributed by atoms with E-state index < -0.39 is 59.5 Å². The Morgan fingerprint density at radius 2 is 1.61 bits per heavy atom. The third kappa shape index (κ3) is 10.0. The van der Waals surface area contributed by atoms with E-state index in [1.54, 1.807) is 45.0 Å². The number of aliphatic hydroxyl groups excluding tert-OH is 1. The van der Waals surface area contributed by atoms with Crippen molar-refractivity contribution in [3.05, 3.63) is 117 Å². The number of ether oxygens (including phenoxy) is 4. The quantitative estimate of drug-likeness (QED) is 0.161. The molecule has 1 aliphatic heterocycles. The highest BCUT2D eigenvalue weighted by Crippen LogP contribution is 2.47. The molecule has 1 heterocycles. The summed E-state index contributed by atoms with van der Waals surface area (Å²) >= 11 is 2.13. The lowest BCUT2D eigenvalue weighted by Gasteiger charge is -2.31. The van der Waals surface area contributed by atoms with Gasteiger partial charge in [0.2, 0.25) is 17.6 Å². The number of amides is 2. The molecule has 2 aliphatic rings. The smallest absolute Gasteiger partial charge is 0.338 e. The summed E-state index contributed by atoms with van der Waals surface area (Å²) in [5, 5.41) is 15.2. The molecule has 0 aromatic heterocycles. The van der Waals surface area contributed by atoms with Crippen LogP contribution in [0.2, 0.25) is 0 Å². The number of benzene rings is 3. The molecule has 3 aromatic rings. The molecule has 0 radical (unpaired) electrons. The van der Waals surface area contributed by atoms with E-state index in [4.69, 9.17) is 18.9 Å². The lowest BCUT2D eigenvalue weighted by atomic mass is 9.91. The summed E-state index contributed by atoms with van der Waals surface area (Å²) < 4.78 is 25.7. The number of halogens is 1. The van der Waals surface area contributed by atoms with Gasteiger partial charge in [0, 0.05) is 46.1 Å². The lowest BCUT2D eigenvalue weighted by Crippen LogP contribution is -2.44. The van der Waals surface area contributed by atoms with Gasteiger partial charge in [0.15, 0.2) is 0 Å². The van der Waals surface area contributed by atoms with E-state index in [1.807, 2.05) is 66.7 Å². The molecule has 0 saturated carbocycles. The van der Waals surface area contributed by atoms with Gasteiger partial charge in [0.1, 0.15) is 23.9 Å². The predicted octanol–water partition coefficient (Wildman–Crippen LogP) is 4.94. The standard InChI is InChI=1S/C39H43IN2O9/c1-38(2,3)50-34(45)18-17-30(24-43)42-33(44)19-20-41-36(46)26-22-31(48-37(47)25-11-10-16-29(40)21-25)35-32(23-26)49-39(51-35,27-12-6-4-7-13-27)28-14-8-5-9-15-28/h4-16,21,23,30-32,35,43H,17-20,22,24H2,1-3H3,(H,41,46)(H,42,44). The molecule has 1 saturated heterocycles. The number of esters is 2. The van der Waals surface area contributed by atoms with Gasteiger partial charge in [-0.15, -0.1) is 0 Å². The van der Waals surface area contributed by atoms with Gasteiger partial charge in [0.25, 0.3) is 0 Å². The van der Waals surface area contributed by atoms with Crippen molar-refractivity contribution in [2.45, 2.75) is 82.2 Å². The molecule has 5 rings (SSSR count). The fraction of sp³-hybridized carbons (Fsp3) is 0.385. The first-order valence-electron chi connectivity index (χ1n) is 16.9. The van der Waals surface area contributed by atoms with Crippen LogP contribution in [0.5, 0.6) is 0 Å². The average molecular weight is 811 g/mol. The Labute approximate surface area is 311 Å². The molecule has 11 nitrogen and oxygen atoms in total. The van der Waals surface area contributed by atoms with Crippen LogP contribution in [0.4, 0.5) is 0 Å². The summed E-state index contributed by atoms with van der Waals surface area (Å²) in [6.45, 7) is 4.95. The average Bonchev–Trinajstić information content (AvgIpc) is 3.51. The van der Waals surface area contributed by atoms with Crippen LogP contribution in [0.1, 0.15) is 67.9 Å². The third-order valence-electron chi connectivity index (χ3n) is 8.34. The third-order valence-corrected chi connectivity index (χ3v) is 9.01. The molecule has 1 aliphatic carbocycles. The van der Waals surface area contributed by atoms with Crippen LogP contribution >= 0.6 is 22.6 Å². The number of hydrogen-bond acceptors (Lipinski definition) is 9. The molecule has 0 bridgehead atoms. The fourth-order valence-corrected chi connectivity index (χ4v) is 6.55. The van der Waals surface area contributed by atoms with Crippen molar-refractivity contribution in [2.75, 3.05) is 13.2 Å². The minimum absolute atomic E-state index is 0.00253. The Balaban J connectivity index is 1.29. The Hall–Kier alpha value is -4.11. The molecule has 12 heteroatoms. The monoisotopic (exact) mass is 810 g/mol. The van der Waals surface area contributed by atoms with Crippen molar-refractivity contribution in [3.63, 3.8) is 0 Å². The summed E-state index contributed by atoms with van der Waals surface area (Å²) in [6.07, 6.45) is -0.452. The Morgan fingerprint density at radius 1 is 0.941 bits per heavy atom. The molecular weight excluding hydrogens is 767 g/mol. The number of nitrogens with one attached hydrogen (secondary N) is 2. The topological polar surface area (TPSA) is 149 Å². The predicted molar refractivity (Wildman–Crippen MR) is 196 cm³/mol. The second-order valence-electron chi connectivity index (χ2n) is 13.4. The zero-order chi connectivity index (χ0) is 36.6. The van der Waals surface area contributed by atoms with E-state index in [2.05, 4.69) is 33.2 Å². The molecule has 0 spiro atoms.